The molecule has 1 aliphatic heterocycles. The molecule has 2 aromatic rings. The van der Waals surface area contributed by atoms with Crippen LogP contribution in [0.5, 0.6) is 0 Å². The van der Waals surface area contributed by atoms with Crippen molar-refractivity contribution in [2.24, 2.45) is 0 Å². The number of nitrogens with zero attached hydrogens (tertiary/aromatic N) is 2. The molecule has 0 atom stereocenters. The Hall–Kier alpha value is -1.99. The van der Waals surface area contributed by atoms with Gasteiger partial charge in [0.25, 0.3) is 0 Å². The molecule has 1 heterocycles. The Balaban J connectivity index is 0.00000247. The van der Waals surface area contributed by atoms with Crippen molar-refractivity contribution in [2.75, 3.05) is 0 Å². The summed E-state index contributed by atoms with van der Waals surface area (Å²) < 4.78 is 1.45. The molecule has 1 aliphatic rings. The molecule has 3 heteroatoms. The molecule has 0 unspecified atom stereocenters. The van der Waals surface area contributed by atoms with Gasteiger partial charge in [-0.25, -0.2) is 4.70 Å². The van der Waals surface area contributed by atoms with Gasteiger partial charge >= 0.3 is 16.5 Å². The zero-order valence-corrected chi connectivity index (χ0v) is 25.1. The van der Waals surface area contributed by atoms with E-state index in [4.69, 9.17) is 0 Å². The van der Waals surface area contributed by atoms with Crippen LogP contribution in [0.1, 0.15) is 115 Å². The van der Waals surface area contributed by atoms with Crippen LogP contribution in [-0.2, 0) is 29.3 Å². The number of allylic oxidation sites excluding steroid dienone is 2. The summed E-state index contributed by atoms with van der Waals surface area (Å²) in [5.41, 5.74) is 19.4. The first-order chi connectivity index (χ1) is 17.7. The van der Waals surface area contributed by atoms with Gasteiger partial charge < -0.3 is 19.4 Å². The minimum atomic E-state index is 0. The van der Waals surface area contributed by atoms with Crippen molar-refractivity contribution in [2.45, 2.75) is 105 Å². The zero-order valence-electron chi connectivity index (χ0n) is 24.1. The summed E-state index contributed by atoms with van der Waals surface area (Å²) in [4.78, 5) is 0. The topological polar surface area (TPSA) is 25.3 Å². The number of aryl methyl sites for hydroxylation is 2. The second kappa shape index (κ2) is 21.0. The SMILES string of the molecule is CCCCCCC1=C(c2cccc(CCCC)c2)[N+](=[N-])C(c2cccc(CCCC)c2)=C1.[CH2-]C.[CH2-]C.[Ni+2]. The summed E-state index contributed by atoms with van der Waals surface area (Å²) in [5, 5.41) is 0. The molecular weight excluding hydrogens is 495 g/mol. The van der Waals surface area contributed by atoms with Crippen LogP contribution in [0.3, 0.4) is 0 Å². The van der Waals surface area contributed by atoms with Crippen LogP contribution in [0.15, 0.2) is 60.2 Å². The van der Waals surface area contributed by atoms with Crippen LogP contribution in [0.25, 0.3) is 16.9 Å². The summed E-state index contributed by atoms with van der Waals surface area (Å²) >= 11 is 0. The smallest absolute Gasteiger partial charge is 0.493 e. The third-order valence-electron chi connectivity index (χ3n) is 6.42. The van der Waals surface area contributed by atoms with Gasteiger partial charge in [-0.3, -0.25) is 0 Å². The van der Waals surface area contributed by atoms with Crippen molar-refractivity contribution >= 4 is 11.4 Å². The maximum atomic E-state index is 11.4. The number of benzene rings is 2. The van der Waals surface area contributed by atoms with Crippen molar-refractivity contribution < 1.29 is 21.2 Å². The van der Waals surface area contributed by atoms with E-state index >= 15 is 0 Å². The Morgan fingerprint density at radius 2 is 1.16 bits per heavy atom. The van der Waals surface area contributed by atoms with Gasteiger partial charge in [0.2, 0.25) is 11.4 Å². The predicted molar refractivity (Wildman–Crippen MR) is 159 cm³/mol. The van der Waals surface area contributed by atoms with Gasteiger partial charge in [-0.1, -0.05) is 77.1 Å². The van der Waals surface area contributed by atoms with Gasteiger partial charge in [-0.15, -0.1) is 0 Å². The monoisotopic (exact) mass is 544 g/mol. The molecule has 206 valence electrons. The van der Waals surface area contributed by atoms with Gasteiger partial charge in [0.15, 0.2) is 0 Å². The molecule has 0 fully saturated rings. The number of rotatable bonds is 13. The average Bonchev–Trinajstić information content (AvgIpc) is 3.27. The molecule has 0 spiro atoms. The Bertz CT molecular complexity index is 971. The molecule has 2 nitrogen and oxygen atoms in total. The molecule has 0 saturated carbocycles. The van der Waals surface area contributed by atoms with Crippen molar-refractivity contribution in [3.8, 4) is 0 Å². The Morgan fingerprint density at radius 3 is 1.70 bits per heavy atom. The van der Waals surface area contributed by atoms with Gasteiger partial charge in [-0.2, -0.15) is 13.8 Å². The standard InChI is InChI=1S/C30H40N2.2C2H5.Ni/c1-4-7-10-11-18-28-23-29(26-19-12-16-24(21-26)14-8-5-2)32(31)30(28)27-20-13-17-25(22-27)15-9-6-3;2*1-2;/h12-13,16-17,19-23H,4-11,14-15,18H2,1-3H3;2*1H2,2H3;/q;2*-1;+2. The van der Waals surface area contributed by atoms with Crippen LogP contribution in [0.4, 0.5) is 0 Å². The number of hydrogen-bond donors (Lipinski definition) is 0. The average molecular weight is 545 g/mol. The number of unbranched alkanes of at least 4 members (excludes halogenated alkanes) is 5. The molecule has 0 amide bonds. The van der Waals surface area contributed by atoms with E-state index < -0.39 is 0 Å². The molecule has 37 heavy (non-hydrogen) atoms. The van der Waals surface area contributed by atoms with Crippen molar-refractivity contribution in [1.82, 2.24) is 0 Å². The summed E-state index contributed by atoms with van der Waals surface area (Å²) in [6, 6.07) is 17.5. The van der Waals surface area contributed by atoms with Crippen molar-refractivity contribution in [3.63, 3.8) is 0 Å². The van der Waals surface area contributed by atoms with Gasteiger partial charge in [-0.05, 0) is 73.9 Å². The Labute approximate surface area is 239 Å². The van der Waals surface area contributed by atoms with Gasteiger partial charge in [0, 0.05) is 22.8 Å². The fourth-order valence-corrected chi connectivity index (χ4v) is 4.52. The van der Waals surface area contributed by atoms with Crippen LogP contribution < -0.4 is 0 Å². The predicted octanol–water partition coefficient (Wildman–Crippen LogP) is 10.8. The van der Waals surface area contributed by atoms with E-state index in [0.717, 1.165) is 48.2 Å². The number of hydrogen-bond acceptors (Lipinski definition) is 0. The fraction of sp³-hybridized carbons (Fsp3) is 0.471. The maximum Gasteiger partial charge on any atom is 2.00 e. The van der Waals surface area contributed by atoms with Crippen LogP contribution >= 0.6 is 0 Å². The third-order valence-corrected chi connectivity index (χ3v) is 6.42. The first kappa shape index (κ1) is 35.0. The van der Waals surface area contributed by atoms with Gasteiger partial charge in [0.1, 0.15) is 0 Å². The largest absolute Gasteiger partial charge is 2.00 e. The Kier molecular flexibility index (Phi) is 19.9. The second-order valence-corrected chi connectivity index (χ2v) is 9.13. The molecule has 0 N–H and O–H groups in total. The van der Waals surface area contributed by atoms with E-state index in [1.807, 2.05) is 0 Å². The molecule has 0 saturated heterocycles. The molecule has 0 radical (unpaired) electrons. The van der Waals surface area contributed by atoms with Crippen LogP contribution in [0, 0.1) is 13.8 Å². The summed E-state index contributed by atoms with van der Waals surface area (Å²) in [7, 11) is 0. The van der Waals surface area contributed by atoms with Crippen molar-refractivity contribution in [3.05, 3.63) is 102 Å². The summed E-state index contributed by atoms with van der Waals surface area (Å²) in [6.45, 7) is 16.7. The molecule has 0 aliphatic carbocycles. The van der Waals surface area contributed by atoms with E-state index in [1.165, 1.54) is 66.3 Å². The van der Waals surface area contributed by atoms with E-state index in [9.17, 15) is 5.53 Å². The maximum absolute atomic E-state index is 11.4. The fourth-order valence-electron chi connectivity index (χ4n) is 4.52. The Morgan fingerprint density at radius 1 is 0.649 bits per heavy atom. The molecule has 3 rings (SSSR count). The van der Waals surface area contributed by atoms with E-state index in [1.54, 1.807) is 13.8 Å². The van der Waals surface area contributed by atoms with Crippen molar-refractivity contribution in [1.29, 1.82) is 0 Å². The molecule has 0 bridgehead atoms. The molecule has 2 aromatic carbocycles. The minimum Gasteiger partial charge on any atom is -0.493 e. The summed E-state index contributed by atoms with van der Waals surface area (Å²) in [5.74, 6) is 0. The van der Waals surface area contributed by atoms with E-state index in [0.29, 0.717) is 0 Å². The molecule has 0 aromatic heterocycles. The third kappa shape index (κ3) is 11.1. The van der Waals surface area contributed by atoms with E-state index in [-0.39, 0.29) is 16.5 Å². The van der Waals surface area contributed by atoms with Crippen LogP contribution in [0.2, 0.25) is 0 Å². The first-order valence-electron chi connectivity index (χ1n) is 14.2. The minimum absolute atomic E-state index is 0. The van der Waals surface area contributed by atoms with E-state index in [2.05, 4.69) is 89.2 Å². The van der Waals surface area contributed by atoms with Crippen LogP contribution in [-0.4, -0.2) is 4.70 Å². The normalized spacial score (nSPS) is 12.2. The van der Waals surface area contributed by atoms with Gasteiger partial charge in [0.05, 0.1) is 0 Å². The summed E-state index contributed by atoms with van der Waals surface area (Å²) in [6.07, 6.45) is 15.1. The first-order valence-corrected chi connectivity index (χ1v) is 14.2. The second-order valence-electron chi connectivity index (χ2n) is 9.13. The zero-order chi connectivity index (χ0) is 26.8. The quantitative estimate of drug-likeness (QED) is 0.104. The molecular formula is C34H50N2Ni.